The molecule has 0 amide bonds. The molecule has 0 heterocycles. The first-order valence-corrected chi connectivity index (χ1v) is 8.44. The molecule has 0 aliphatic carbocycles. The molecule has 0 aliphatic heterocycles. The third kappa shape index (κ3) is 6.61. The molecule has 0 unspecified atom stereocenters. The molecule has 0 N–H and O–H groups in total. The zero-order chi connectivity index (χ0) is 17.8. The maximum atomic E-state index is 11.4. The standard InChI is InChI=1S/C21H24O4/c22-17-21(18-23,11-13-24-15-19-7-3-1-4-8-19)12-14-25-16-20-9-5-2-6-10-20/h1-10,17-18H,11-16H2. The molecule has 0 saturated heterocycles. The monoisotopic (exact) mass is 340 g/mol. The highest BCUT2D eigenvalue weighted by molar-refractivity contribution is 5.83. The fourth-order valence-corrected chi connectivity index (χ4v) is 2.44. The van der Waals surface area contributed by atoms with Crippen LogP contribution in [0.15, 0.2) is 60.7 Å². The van der Waals surface area contributed by atoms with Crippen molar-refractivity contribution in [3.05, 3.63) is 71.8 Å². The van der Waals surface area contributed by atoms with Crippen molar-refractivity contribution in [3.63, 3.8) is 0 Å². The van der Waals surface area contributed by atoms with E-state index in [1.807, 2.05) is 60.7 Å². The fraction of sp³-hybridized carbons (Fsp3) is 0.333. The quantitative estimate of drug-likeness (QED) is 0.337. The van der Waals surface area contributed by atoms with E-state index in [4.69, 9.17) is 9.47 Å². The van der Waals surface area contributed by atoms with Crippen LogP contribution in [0.5, 0.6) is 0 Å². The number of hydrogen-bond acceptors (Lipinski definition) is 4. The third-order valence-electron chi connectivity index (χ3n) is 4.12. The number of rotatable bonds is 12. The number of ether oxygens (including phenoxy) is 2. The van der Waals surface area contributed by atoms with Gasteiger partial charge in [0.25, 0.3) is 0 Å². The minimum Gasteiger partial charge on any atom is -0.377 e. The number of carbonyl (C=O) groups excluding carboxylic acids is 2. The SMILES string of the molecule is O=CC(C=O)(CCOCc1ccccc1)CCOCc1ccccc1. The van der Waals surface area contributed by atoms with Crippen molar-refractivity contribution in [2.45, 2.75) is 26.1 Å². The summed E-state index contributed by atoms with van der Waals surface area (Å²) in [6, 6.07) is 19.6. The van der Waals surface area contributed by atoms with Crippen molar-refractivity contribution >= 4 is 12.6 Å². The second-order valence-corrected chi connectivity index (χ2v) is 6.05. The molecule has 132 valence electrons. The van der Waals surface area contributed by atoms with Gasteiger partial charge in [0.2, 0.25) is 0 Å². The van der Waals surface area contributed by atoms with Gasteiger partial charge < -0.3 is 19.1 Å². The molecule has 0 spiro atoms. The van der Waals surface area contributed by atoms with E-state index in [-0.39, 0.29) is 0 Å². The molecular weight excluding hydrogens is 316 g/mol. The zero-order valence-corrected chi connectivity index (χ0v) is 14.3. The van der Waals surface area contributed by atoms with Crippen molar-refractivity contribution in [1.29, 1.82) is 0 Å². The van der Waals surface area contributed by atoms with Crippen molar-refractivity contribution < 1.29 is 19.1 Å². The Labute approximate surface area is 148 Å². The van der Waals surface area contributed by atoms with Gasteiger partial charge in [0.05, 0.1) is 18.6 Å². The number of benzene rings is 2. The smallest absolute Gasteiger partial charge is 0.133 e. The zero-order valence-electron chi connectivity index (χ0n) is 14.3. The average molecular weight is 340 g/mol. The van der Waals surface area contributed by atoms with Crippen molar-refractivity contribution in [3.8, 4) is 0 Å². The van der Waals surface area contributed by atoms with Gasteiger partial charge in [0.1, 0.15) is 12.6 Å². The first-order chi connectivity index (χ1) is 12.3. The van der Waals surface area contributed by atoms with Gasteiger partial charge in [-0.05, 0) is 24.0 Å². The summed E-state index contributed by atoms with van der Waals surface area (Å²) in [5, 5.41) is 0. The molecule has 0 radical (unpaired) electrons. The Morgan fingerprint density at radius 1 is 0.680 bits per heavy atom. The fourth-order valence-electron chi connectivity index (χ4n) is 2.44. The van der Waals surface area contributed by atoms with Crippen LogP contribution in [0.3, 0.4) is 0 Å². The maximum Gasteiger partial charge on any atom is 0.133 e. The van der Waals surface area contributed by atoms with Crippen LogP contribution in [-0.2, 0) is 32.3 Å². The lowest BCUT2D eigenvalue weighted by atomic mass is 9.85. The van der Waals surface area contributed by atoms with Gasteiger partial charge in [-0.25, -0.2) is 0 Å². The molecule has 4 nitrogen and oxygen atoms in total. The number of aldehydes is 2. The summed E-state index contributed by atoms with van der Waals surface area (Å²) in [6.45, 7) is 1.65. The highest BCUT2D eigenvalue weighted by Crippen LogP contribution is 2.22. The molecule has 0 saturated carbocycles. The van der Waals surface area contributed by atoms with Crippen LogP contribution in [0.2, 0.25) is 0 Å². The molecule has 0 atom stereocenters. The summed E-state index contributed by atoms with van der Waals surface area (Å²) in [4.78, 5) is 22.9. The van der Waals surface area contributed by atoms with Gasteiger partial charge in [0.15, 0.2) is 0 Å². The van der Waals surface area contributed by atoms with Gasteiger partial charge in [-0.3, -0.25) is 0 Å². The lowest BCUT2D eigenvalue weighted by Gasteiger charge is -2.21. The molecule has 4 heteroatoms. The van der Waals surface area contributed by atoms with E-state index in [1.165, 1.54) is 0 Å². The van der Waals surface area contributed by atoms with Gasteiger partial charge in [-0.2, -0.15) is 0 Å². The summed E-state index contributed by atoms with van der Waals surface area (Å²) < 4.78 is 11.2. The first-order valence-electron chi connectivity index (χ1n) is 8.44. The van der Waals surface area contributed by atoms with Gasteiger partial charge in [0, 0.05) is 13.2 Å². The Morgan fingerprint density at radius 3 is 1.44 bits per heavy atom. The van der Waals surface area contributed by atoms with E-state index in [0.29, 0.717) is 39.3 Å². The minimum absolute atomic E-state index is 0.352. The Morgan fingerprint density at radius 2 is 1.08 bits per heavy atom. The maximum absolute atomic E-state index is 11.4. The number of carbonyl (C=O) groups is 2. The van der Waals surface area contributed by atoms with Crippen LogP contribution in [0.25, 0.3) is 0 Å². The lowest BCUT2D eigenvalue weighted by Crippen LogP contribution is -2.28. The highest BCUT2D eigenvalue weighted by atomic mass is 16.5. The third-order valence-corrected chi connectivity index (χ3v) is 4.12. The average Bonchev–Trinajstić information content (AvgIpc) is 2.69. The van der Waals surface area contributed by atoms with E-state index in [1.54, 1.807) is 0 Å². The van der Waals surface area contributed by atoms with Crippen LogP contribution < -0.4 is 0 Å². The lowest BCUT2D eigenvalue weighted by molar-refractivity contribution is -0.129. The van der Waals surface area contributed by atoms with Crippen LogP contribution >= 0.6 is 0 Å². The molecule has 0 aliphatic rings. The van der Waals surface area contributed by atoms with Crippen molar-refractivity contribution in [2.24, 2.45) is 5.41 Å². The van der Waals surface area contributed by atoms with E-state index >= 15 is 0 Å². The van der Waals surface area contributed by atoms with E-state index in [9.17, 15) is 9.59 Å². The molecule has 0 aromatic heterocycles. The summed E-state index contributed by atoms with van der Waals surface area (Å²) in [5.74, 6) is 0. The van der Waals surface area contributed by atoms with E-state index < -0.39 is 5.41 Å². The summed E-state index contributed by atoms with van der Waals surface area (Å²) in [6.07, 6.45) is 2.17. The van der Waals surface area contributed by atoms with Gasteiger partial charge >= 0.3 is 0 Å². The Kier molecular flexibility index (Phi) is 8.02. The molecule has 2 rings (SSSR count). The Hall–Kier alpha value is -2.30. The van der Waals surface area contributed by atoms with Gasteiger partial charge in [-0.15, -0.1) is 0 Å². The predicted octanol–water partition coefficient (Wildman–Crippen LogP) is 3.58. The molecular formula is C21H24O4. The van der Waals surface area contributed by atoms with Crippen molar-refractivity contribution in [1.82, 2.24) is 0 Å². The van der Waals surface area contributed by atoms with Gasteiger partial charge in [-0.1, -0.05) is 60.7 Å². The van der Waals surface area contributed by atoms with Crippen molar-refractivity contribution in [2.75, 3.05) is 13.2 Å². The largest absolute Gasteiger partial charge is 0.377 e. The van der Waals surface area contributed by atoms with E-state index in [2.05, 4.69) is 0 Å². The second kappa shape index (κ2) is 10.5. The number of hydrogen-bond donors (Lipinski definition) is 0. The van der Waals surface area contributed by atoms with E-state index in [0.717, 1.165) is 23.7 Å². The summed E-state index contributed by atoms with van der Waals surface area (Å²) in [5.41, 5.74) is 1.10. The van der Waals surface area contributed by atoms with Crippen LogP contribution in [0.1, 0.15) is 24.0 Å². The Bertz CT molecular complexity index is 567. The molecule has 0 fully saturated rings. The molecule has 25 heavy (non-hydrogen) atoms. The summed E-state index contributed by atoms with van der Waals surface area (Å²) in [7, 11) is 0. The normalized spacial score (nSPS) is 11.2. The van der Waals surface area contributed by atoms with Crippen LogP contribution in [0, 0.1) is 5.41 Å². The topological polar surface area (TPSA) is 52.6 Å². The predicted molar refractivity (Wildman–Crippen MR) is 96.0 cm³/mol. The second-order valence-electron chi connectivity index (χ2n) is 6.05. The molecule has 2 aromatic rings. The van der Waals surface area contributed by atoms with Crippen LogP contribution in [0.4, 0.5) is 0 Å². The minimum atomic E-state index is -1.03. The highest BCUT2D eigenvalue weighted by Gasteiger charge is 2.28. The first kappa shape index (κ1) is 19.0. The van der Waals surface area contributed by atoms with Crippen LogP contribution in [-0.4, -0.2) is 25.8 Å². The Balaban J connectivity index is 1.71. The summed E-state index contributed by atoms with van der Waals surface area (Å²) >= 11 is 0. The molecule has 2 aromatic carbocycles. The molecule has 0 bridgehead atoms.